The van der Waals surface area contributed by atoms with Crippen LogP contribution in [0.3, 0.4) is 0 Å². The zero-order valence-electron chi connectivity index (χ0n) is 12.4. The SMILES string of the molecule is CC(=O)c1c(F)cccc1NCC(c1cccs1)N(C)C. The lowest BCUT2D eigenvalue weighted by atomic mass is 10.1. The van der Waals surface area contributed by atoms with E-state index in [0.717, 1.165) is 0 Å². The van der Waals surface area contributed by atoms with Crippen LogP contribution in [0, 0.1) is 5.82 Å². The molecule has 1 unspecified atom stereocenters. The summed E-state index contributed by atoms with van der Waals surface area (Å²) in [5.41, 5.74) is 0.673. The maximum atomic E-state index is 13.8. The minimum atomic E-state index is -0.481. The molecule has 1 atom stereocenters. The topological polar surface area (TPSA) is 32.3 Å². The Morgan fingerprint density at radius 3 is 2.67 bits per heavy atom. The molecular weight excluding hydrogens is 287 g/mol. The van der Waals surface area contributed by atoms with Crippen molar-refractivity contribution < 1.29 is 9.18 Å². The molecule has 5 heteroatoms. The van der Waals surface area contributed by atoms with E-state index in [-0.39, 0.29) is 17.4 Å². The van der Waals surface area contributed by atoms with E-state index in [9.17, 15) is 9.18 Å². The molecule has 112 valence electrons. The minimum absolute atomic E-state index is 0.126. The number of halogens is 1. The van der Waals surface area contributed by atoms with Crippen molar-refractivity contribution in [3.63, 3.8) is 0 Å². The quantitative estimate of drug-likeness (QED) is 0.824. The van der Waals surface area contributed by atoms with Gasteiger partial charge in [0.25, 0.3) is 0 Å². The van der Waals surface area contributed by atoms with E-state index in [1.807, 2.05) is 25.5 Å². The molecule has 0 spiro atoms. The van der Waals surface area contributed by atoms with E-state index in [2.05, 4.69) is 16.3 Å². The van der Waals surface area contributed by atoms with E-state index in [0.29, 0.717) is 12.2 Å². The lowest BCUT2D eigenvalue weighted by Gasteiger charge is -2.24. The third-order valence-corrected chi connectivity index (χ3v) is 4.32. The third-order valence-electron chi connectivity index (χ3n) is 3.35. The predicted molar refractivity (Wildman–Crippen MR) is 85.6 cm³/mol. The summed E-state index contributed by atoms with van der Waals surface area (Å²) in [6.07, 6.45) is 0. The maximum absolute atomic E-state index is 13.8. The smallest absolute Gasteiger partial charge is 0.164 e. The van der Waals surface area contributed by atoms with Gasteiger partial charge in [0.05, 0.1) is 11.6 Å². The van der Waals surface area contributed by atoms with E-state index in [4.69, 9.17) is 0 Å². The van der Waals surface area contributed by atoms with E-state index < -0.39 is 5.82 Å². The van der Waals surface area contributed by atoms with E-state index in [1.54, 1.807) is 23.5 Å². The maximum Gasteiger partial charge on any atom is 0.164 e. The van der Waals surface area contributed by atoms with Crippen LogP contribution in [0.2, 0.25) is 0 Å². The van der Waals surface area contributed by atoms with Crippen LogP contribution in [0.15, 0.2) is 35.7 Å². The summed E-state index contributed by atoms with van der Waals surface area (Å²) in [4.78, 5) is 14.9. The van der Waals surface area contributed by atoms with Crippen LogP contribution in [0.5, 0.6) is 0 Å². The van der Waals surface area contributed by atoms with Crippen molar-refractivity contribution in [1.82, 2.24) is 4.90 Å². The molecule has 0 saturated carbocycles. The summed E-state index contributed by atoms with van der Waals surface area (Å²) in [6, 6.07) is 8.92. The van der Waals surface area contributed by atoms with Crippen LogP contribution < -0.4 is 5.32 Å². The number of carbonyl (C=O) groups is 1. The van der Waals surface area contributed by atoms with Gasteiger partial charge in [0, 0.05) is 17.1 Å². The number of Topliss-reactive ketones (excluding diaryl/α,β-unsaturated/α-hetero) is 1. The van der Waals surface area contributed by atoms with Crippen LogP contribution in [0.4, 0.5) is 10.1 Å². The predicted octanol–water partition coefficient (Wildman–Crippen LogP) is 3.80. The van der Waals surface area contributed by atoms with Gasteiger partial charge in [-0.05, 0) is 44.6 Å². The van der Waals surface area contributed by atoms with Gasteiger partial charge in [-0.2, -0.15) is 0 Å². The van der Waals surface area contributed by atoms with Crippen molar-refractivity contribution in [3.05, 3.63) is 52.0 Å². The fourth-order valence-electron chi connectivity index (χ4n) is 2.25. The molecule has 1 aromatic heterocycles. The van der Waals surface area contributed by atoms with Crippen molar-refractivity contribution in [3.8, 4) is 0 Å². The number of hydrogen-bond acceptors (Lipinski definition) is 4. The van der Waals surface area contributed by atoms with Crippen molar-refractivity contribution in [1.29, 1.82) is 0 Å². The zero-order valence-corrected chi connectivity index (χ0v) is 13.2. The lowest BCUT2D eigenvalue weighted by molar-refractivity contribution is 0.101. The molecule has 0 saturated heterocycles. The molecule has 0 bridgehead atoms. The highest BCUT2D eigenvalue weighted by Crippen LogP contribution is 2.25. The van der Waals surface area contributed by atoms with Crippen LogP contribution in [-0.2, 0) is 0 Å². The van der Waals surface area contributed by atoms with Crippen molar-refractivity contribution >= 4 is 22.8 Å². The normalized spacial score (nSPS) is 12.4. The fourth-order valence-corrected chi connectivity index (χ4v) is 3.18. The van der Waals surface area contributed by atoms with E-state index in [1.165, 1.54) is 17.9 Å². The molecule has 0 amide bonds. The first-order valence-corrected chi connectivity index (χ1v) is 7.62. The highest BCUT2D eigenvalue weighted by atomic mass is 32.1. The number of anilines is 1. The Bertz CT molecular complexity index is 611. The Balaban J connectivity index is 2.19. The number of hydrogen-bond donors (Lipinski definition) is 1. The standard InChI is InChI=1S/C16H19FN2OS/c1-11(20)16-12(17)6-4-7-13(16)18-10-14(19(2)3)15-8-5-9-21-15/h4-9,14,18H,10H2,1-3H3. The second-order valence-corrected chi connectivity index (χ2v) is 6.07. The molecular formula is C16H19FN2OS. The number of likely N-dealkylation sites (N-methyl/N-ethyl adjacent to an activating group) is 1. The second-order valence-electron chi connectivity index (χ2n) is 5.09. The first kappa shape index (κ1) is 15.7. The summed E-state index contributed by atoms with van der Waals surface area (Å²) in [5.74, 6) is -0.752. The third kappa shape index (κ3) is 3.68. The summed E-state index contributed by atoms with van der Waals surface area (Å²) < 4.78 is 13.8. The fraction of sp³-hybridized carbons (Fsp3) is 0.312. The molecule has 0 aliphatic carbocycles. The molecule has 21 heavy (non-hydrogen) atoms. The number of rotatable bonds is 6. The number of nitrogens with one attached hydrogen (secondary N) is 1. The first-order valence-electron chi connectivity index (χ1n) is 6.74. The van der Waals surface area contributed by atoms with Crippen molar-refractivity contribution in [2.24, 2.45) is 0 Å². The van der Waals surface area contributed by atoms with Gasteiger partial charge in [-0.1, -0.05) is 12.1 Å². The van der Waals surface area contributed by atoms with Crippen LogP contribution >= 0.6 is 11.3 Å². The Morgan fingerprint density at radius 2 is 2.10 bits per heavy atom. The minimum Gasteiger partial charge on any atom is -0.382 e. The first-order chi connectivity index (χ1) is 10.0. The van der Waals surface area contributed by atoms with Gasteiger partial charge >= 0.3 is 0 Å². The molecule has 1 aromatic carbocycles. The Morgan fingerprint density at radius 1 is 1.33 bits per heavy atom. The molecule has 2 rings (SSSR count). The number of carbonyl (C=O) groups excluding carboxylic acids is 1. The number of benzene rings is 1. The lowest BCUT2D eigenvalue weighted by Crippen LogP contribution is -2.26. The van der Waals surface area contributed by atoms with Crippen LogP contribution in [0.1, 0.15) is 28.2 Å². The molecule has 1 N–H and O–H groups in total. The highest BCUT2D eigenvalue weighted by Gasteiger charge is 2.17. The van der Waals surface area contributed by atoms with Gasteiger partial charge in [0.15, 0.2) is 5.78 Å². The van der Waals surface area contributed by atoms with Gasteiger partial charge in [-0.3, -0.25) is 4.79 Å². The summed E-state index contributed by atoms with van der Waals surface area (Å²) in [5, 5.41) is 5.25. The van der Waals surface area contributed by atoms with Crippen molar-refractivity contribution in [2.45, 2.75) is 13.0 Å². The Hall–Kier alpha value is -1.72. The molecule has 1 heterocycles. The van der Waals surface area contributed by atoms with Gasteiger partial charge < -0.3 is 10.2 Å². The Kier molecular flexibility index (Phi) is 5.09. The van der Waals surface area contributed by atoms with Gasteiger partial charge in [-0.15, -0.1) is 11.3 Å². The largest absolute Gasteiger partial charge is 0.382 e. The molecule has 0 aliphatic rings. The van der Waals surface area contributed by atoms with Gasteiger partial charge in [-0.25, -0.2) is 4.39 Å². The molecule has 0 radical (unpaired) electrons. The number of nitrogens with zero attached hydrogens (tertiary/aromatic N) is 1. The molecule has 2 aromatic rings. The summed E-state index contributed by atoms with van der Waals surface area (Å²) >= 11 is 1.69. The summed E-state index contributed by atoms with van der Waals surface area (Å²) in [6.45, 7) is 1.99. The average molecular weight is 306 g/mol. The van der Waals surface area contributed by atoms with Gasteiger partial charge in [0.1, 0.15) is 5.82 Å². The molecule has 0 aliphatic heterocycles. The van der Waals surface area contributed by atoms with Crippen molar-refractivity contribution in [2.75, 3.05) is 26.0 Å². The zero-order chi connectivity index (χ0) is 15.4. The van der Waals surface area contributed by atoms with Crippen LogP contribution in [-0.4, -0.2) is 31.3 Å². The number of thiophene rings is 1. The highest BCUT2D eigenvalue weighted by molar-refractivity contribution is 7.10. The average Bonchev–Trinajstić information content (AvgIpc) is 2.92. The van der Waals surface area contributed by atoms with Crippen LogP contribution in [0.25, 0.3) is 0 Å². The van der Waals surface area contributed by atoms with E-state index >= 15 is 0 Å². The molecule has 3 nitrogen and oxygen atoms in total. The second kappa shape index (κ2) is 6.83. The van der Waals surface area contributed by atoms with Gasteiger partial charge in [0.2, 0.25) is 0 Å². The number of ketones is 1. The summed E-state index contributed by atoms with van der Waals surface area (Å²) in [7, 11) is 4.01. The molecule has 0 fully saturated rings. The Labute approximate surface area is 128 Å². The monoisotopic (exact) mass is 306 g/mol.